The van der Waals surface area contributed by atoms with Gasteiger partial charge in [-0.3, -0.25) is 0 Å². The van der Waals surface area contributed by atoms with Gasteiger partial charge in [-0.1, -0.05) is 56.0 Å². The molecular weight excluding hydrogens is 292 g/mol. The molecule has 124 valence electrons. The average molecular weight is 316 g/mol. The Morgan fingerprint density at radius 3 is 2.61 bits per heavy atom. The molecule has 1 aromatic rings. The topological polar surface area (TPSA) is 52.6 Å². The molecule has 1 unspecified atom stereocenters. The minimum atomic E-state index is -0.738. The van der Waals surface area contributed by atoms with Crippen molar-refractivity contribution in [1.82, 2.24) is 0 Å². The van der Waals surface area contributed by atoms with Gasteiger partial charge in [-0.05, 0) is 18.4 Å². The van der Waals surface area contributed by atoms with E-state index in [4.69, 9.17) is 4.74 Å². The Kier molecular flexibility index (Phi) is 7.90. The summed E-state index contributed by atoms with van der Waals surface area (Å²) < 4.78 is 9.93. The van der Waals surface area contributed by atoms with Crippen LogP contribution in [0.15, 0.2) is 30.3 Å². The molecule has 0 amide bonds. The number of ether oxygens (including phenoxy) is 2. The van der Waals surface area contributed by atoms with E-state index in [1.165, 1.54) is 7.11 Å². The van der Waals surface area contributed by atoms with Crippen LogP contribution in [-0.4, -0.2) is 25.7 Å². The highest BCUT2D eigenvalue weighted by atomic mass is 16.7. The van der Waals surface area contributed by atoms with Crippen molar-refractivity contribution in [3.8, 4) is 11.8 Å². The van der Waals surface area contributed by atoms with Crippen LogP contribution in [-0.2, 0) is 20.7 Å². The number of methoxy groups -OCH3 is 1. The number of carbonyl (C=O) groups is 2. The van der Waals surface area contributed by atoms with Crippen LogP contribution in [0.1, 0.15) is 38.7 Å². The van der Waals surface area contributed by atoms with E-state index < -0.39 is 12.3 Å². The third-order valence-corrected chi connectivity index (χ3v) is 3.45. The summed E-state index contributed by atoms with van der Waals surface area (Å²) in [5, 5.41) is 0. The summed E-state index contributed by atoms with van der Waals surface area (Å²) >= 11 is 0. The Labute approximate surface area is 138 Å². The summed E-state index contributed by atoms with van der Waals surface area (Å²) in [6, 6.07) is 9.99. The fraction of sp³-hybridized carbons (Fsp3) is 0.474. The zero-order chi connectivity index (χ0) is 17.1. The van der Waals surface area contributed by atoms with Crippen LogP contribution in [0, 0.1) is 17.3 Å². The summed E-state index contributed by atoms with van der Waals surface area (Å²) in [6.45, 7) is 4.02. The smallest absolute Gasteiger partial charge is 0.438 e. The molecule has 0 radical (unpaired) electrons. The van der Waals surface area contributed by atoms with Gasteiger partial charge in [0.2, 0.25) is 0 Å². The zero-order valence-corrected chi connectivity index (χ0v) is 14.0. The van der Waals surface area contributed by atoms with Crippen LogP contribution in [0.25, 0.3) is 0 Å². The highest BCUT2D eigenvalue weighted by molar-refractivity contribution is 5.60. The van der Waals surface area contributed by atoms with Gasteiger partial charge in [-0.25, -0.2) is 4.79 Å². The van der Waals surface area contributed by atoms with Gasteiger partial charge in [0.1, 0.15) is 6.29 Å². The standard InChI is InChI=1S/C19H24O4/c1-19(2,15-16-11-7-6-8-12-16)17(23-18(21)22-3)13-9-4-5-10-14-20/h6-8,11-12,14,17H,4-5,10,15H2,1-3H3. The van der Waals surface area contributed by atoms with Gasteiger partial charge in [0.05, 0.1) is 7.11 Å². The molecule has 4 heteroatoms. The maximum Gasteiger partial charge on any atom is 0.509 e. The van der Waals surface area contributed by atoms with Gasteiger partial charge >= 0.3 is 6.16 Å². The van der Waals surface area contributed by atoms with E-state index in [0.717, 1.165) is 18.3 Å². The molecule has 0 aromatic heterocycles. The molecule has 0 aliphatic rings. The van der Waals surface area contributed by atoms with Crippen molar-refractivity contribution in [3.05, 3.63) is 35.9 Å². The van der Waals surface area contributed by atoms with E-state index in [1.54, 1.807) is 0 Å². The van der Waals surface area contributed by atoms with E-state index in [-0.39, 0.29) is 5.41 Å². The number of benzene rings is 1. The molecule has 0 saturated heterocycles. The van der Waals surface area contributed by atoms with E-state index >= 15 is 0 Å². The van der Waals surface area contributed by atoms with Gasteiger partial charge in [-0.2, -0.15) is 0 Å². The maximum absolute atomic E-state index is 11.5. The maximum atomic E-state index is 11.5. The normalized spacial score (nSPS) is 11.8. The predicted molar refractivity (Wildman–Crippen MR) is 88.9 cm³/mol. The first-order valence-corrected chi connectivity index (χ1v) is 7.70. The number of hydrogen-bond donors (Lipinski definition) is 0. The van der Waals surface area contributed by atoms with E-state index in [0.29, 0.717) is 19.3 Å². The lowest BCUT2D eigenvalue weighted by Crippen LogP contribution is -2.34. The van der Waals surface area contributed by atoms with Crippen LogP contribution in [0.3, 0.4) is 0 Å². The van der Waals surface area contributed by atoms with Gasteiger partial charge in [0.15, 0.2) is 6.10 Å². The predicted octanol–water partition coefficient (Wildman–Crippen LogP) is 3.78. The molecule has 1 atom stereocenters. The second-order valence-corrected chi connectivity index (χ2v) is 5.98. The van der Waals surface area contributed by atoms with Crippen molar-refractivity contribution in [2.45, 2.75) is 45.6 Å². The fourth-order valence-electron chi connectivity index (χ4n) is 2.18. The van der Waals surface area contributed by atoms with E-state index in [1.807, 2.05) is 44.2 Å². The molecule has 0 bridgehead atoms. The Morgan fingerprint density at radius 2 is 2.00 bits per heavy atom. The minimum absolute atomic E-state index is 0.368. The minimum Gasteiger partial charge on any atom is -0.438 e. The molecule has 0 aliphatic carbocycles. The summed E-state index contributed by atoms with van der Waals surface area (Å²) in [7, 11) is 1.28. The first-order valence-electron chi connectivity index (χ1n) is 7.70. The number of aldehydes is 1. The quantitative estimate of drug-likeness (QED) is 0.332. The number of rotatable bonds is 7. The second kappa shape index (κ2) is 9.68. The highest BCUT2D eigenvalue weighted by Crippen LogP contribution is 2.28. The molecule has 0 saturated carbocycles. The van der Waals surface area contributed by atoms with Gasteiger partial charge in [0, 0.05) is 18.3 Å². The molecule has 4 nitrogen and oxygen atoms in total. The van der Waals surface area contributed by atoms with Crippen LogP contribution in [0.2, 0.25) is 0 Å². The number of carbonyl (C=O) groups excluding carboxylic acids is 2. The Hall–Kier alpha value is -2.28. The average Bonchev–Trinajstić information content (AvgIpc) is 2.53. The number of unbranched alkanes of at least 4 members (excludes halogenated alkanes) is 2. The van der Waals surface area contributed by atoms with Crippen molar-refractivity contribution >= 4 is 12.4 Å². The van der Waals surface area contributed by atoms with Crippen LogP contribution < -0.4 is 0 Å². The molecule has 23 heavy (non-hydrogen) atoms. The third kappa shape index (κ3) is 7.01. The summed E-state index contributed by atoms with van der Waals surface area (Å²) in [5.74, 6) is 6.02. The van der Waals surface area contributed by atoms with Crippen molar-refractivity contribution in [2.24, 2.45) is 5.41 Å². The van der Waals surface area contributed by atoms with Crippen LogP contribution >= 0.6 is 0 Å². The van der Waals surface area contributed by atoms with Crippen LogP contribution in [0.4, 0.5) is 4.79 Å². The highest BCUT2D eigenvalue weighted by Gasteiger charge is 2.32. The van der Waals surface area contributed by atoms with Crippen molar-refractivity contribution < 1.29 is 19.1 Å². The Morgan fingerprint density at radius 1 is 1.30 bits per heavy atom. The van der Waals surface area contributed by atoms with Crippen molar-refractivity contribution in [2.75, 3.05) is 7.11 Å². The summed E-state index contributed by atoms with van der Waals surface area (Å²) in [5.41, 5.74) is 0.784. The monoisotopic (exact) mass is 316 g/mol. The SMILES string of the molecule is COC(=O)OC(C#CCCCC=O)C(C)(C)Cc1ccccc1. The van der Waals surface area contributed by atoms with Crippen LogP contribution in [0.5, 0.6) is 0 Å². The molecule has 1 rings (SSSR count). The lowest BCUT2D eigenvalue weighted by molar-refractivity contribution is -0.107. The summed E-state index contributed by atoms with van der Waals surface area (Å²) in [6.07, 6.45) is 2.08. The molecule has 0 heterocycles. The Balaban J connectivity index is 2.83. The van der Waals surface area contributed by atoms with Gasteiger partial charge < -0.3 is 14.3 Å². The fourth-order valence-corrected chi connectivity index (χ4v) is 2.18. The molecule has 0 fully saturated rings. The molecule has 0 N–H and O–H groups in total. The molecule has 1 aromatic carbocycles. The molecule has 0 aliphatic heterocycles. The largest absolute Gasteiger partial charge is 0.509 e. The molecular formula is C19H24O4. The first kappa shape index (κ1) is 18.8. The number of hydrogen-bond acceptors (Lipinski definition) is 4. The van der Waals surface area contributed by atoms with E-state index in [9.17, 15) is 9.59 Å². The first-order chi connectivity index (χ1) is 11.0. The third-order valence-electron chi connectivity index (χ3n) is 3.45. The summed E-state index contributed by atoms with van der Waals surface area (Å²) in [4.78, 5) is 21.8. The van der Waals surface area contributed by atoms with Gasteiger partial charge in [0.25, 0.3) is 0 Å². The lowest BCUT2D eigenvalue weighted by Gasteiger charge is -2.30. The second-order valence-electron chi connectivity index (χ2n) is 5.98. The zero-order valence-electron chi connectivity index (χ0n) is 14.0. The Bertz CT molecular complexity index is 552. The van der Waals surface area contributed by atoms with Gasteiger partial charge in [-0.15, -0.1) is 0 Å². The van der Waals surface area contributed by atoms with Crippen molar-refractivity contribution in [3.63, 3.8) is 0 Å². The van der Waals surface area contributed by atoms with Crippen molar-refractivity contribution in [1.29, 1.82) is 0 Å². The molecule has 0 spiro atoms. The lowest BCUT2D eigenvalue weighted by atomic mass is 9.80. The van der Waals surface area contributed by atoms with E-state index in [2.05, 4.69) is 16.6 Å².